The zero-order chi connectivity index (χ0) is 23.8. The summed E-state index contributed by atoms with van der Waals surface area (Å²) in [7, 11) is -3.89. The van der Waals surface area contributed by atoms with Crippen molar-refractivity contribution in [2.45, 2.75) is 6.54 Å². The highest BCUT2D eigenvalue weighted by Crippen LogP contribution is 2.19. The number of nitrogens with one attached hydrogen (secondary N) is 1. The van der Waals surface area contributed by atoms with Crippen LogP contribution in [0.1, 0.15) is 11.3 Å². The van der Waals surface area contributed by atoms with E-state index in [4.69, 9.17) is 9.15 Å². The molecular weight excluding hydrogens is 454 g/mol. The van der Waals surface area contributed by atoms with Crippen molar-refractivity contribution in [3.63, 3.8) is 0 Å². The SMILES string of the molecule is O=C(CN(Cc1ccco1)S(=O)(=O)C=Cc1ccccc1)Nc1ccc(N2CCOCC2)cc1. The van der Waals surface area contributed by atoms with Crippen LogP contribution in [0.4, 0.5) is 11.4 Å². The van der Waals surface area contributed by atoms with Crippen LogP contribution >= 0.6 is 0 Å². The molecule has 178 valence electrons. The van der Waals surface area contributed by atoms with Crippen LogP contribution in [0.3, 0.4) is 0 Å². The monoisotopic (exact) mass is 481 g/mol. The molecule has 0 spiro atoms. The van der Waals surface area contributed by atoms with E-state index in [0.29, 0.717) is 24.7 Å². The lowest BCUT2D eigenvalue weighted by atomic mass is 10.2. The fourth-order valence-corrected chi connectivity index (χ4v) is 4.67. The largest absolute Gasteiger partial charge is 0.468 e. The Balaban J connectivity index is 1.44. The molecule has 1 aliphatic heterocycles. The summed E-state index contributed by atoms with van der Waals surface area (Å²) in [5.41, 5.74) is 2.39. The van der Waals surface area contributed by atoms with Crippen LogP contribution in [-0.4, -0.2) is 51.5 Å². The van der Waals surface area contributed by atoms with Crippen molar-refractivity contribution in [2.24, 2.45) is 0 Å². The molecule has 0 saturated carbocycles. The molecule has 1 amide bonds. The van der Waals surface area contributed by atoms with Gasteiger partial charge in [0.05, 0.1) is 32.6 Å². The fraction of sp³-hybridized carbons (Fsp3) is 0.240. The van der Waals surface area contributed by atoms with Gasteiger partial charge in [0.1, 0.15) is 5.76 Å². The Bertz CT molecular complexity index is 1190. The molecule has 4 rings (SSSR count). The average Bonchev–Trinajstić information content (AvgIpc) is 3.37. The van der Waals surface area contributed by atoms with E-state index in [1.165, 1.54) is 12.3 Å². The molecule has 3 aromatic rings. The van der Waals surface area contributed by atoms with Gasteiger partial charge in [-0.05, 0) is 48.0 Å². The lowest BCUT2D eigenvalue weighted by molar-refractivity contribution is -0.116. The summed E-state index contributed by atoms with van der Waals surface area (Å²) >= 11 is 0. The van der Waals surface area contributed by atoms with Crippen molar-refractivity contribution in [1.29, 1.82) is 0 Å². The van der Waals surface area contributed by atoms with Gasteiger partial charge in [0.25, 0.3) is 0 Å². The number of hydrogen-bond donors (Lipinski definition) is 1. The van der Waals surface area contributed by atoms with Crippen molar-refractivity contribution < 1.29 is 22.4 Å². The van der Waals surface area contributed by atoms with Gasteiger partial charge in [-0.15, -0.1) is 0 Å². The molecule has 2 heterocycles. The van der Waals surface area contributed by atoms with Crippen LogP contribution in [0, 0.1) is 0 Å². The Morgan fingerprint density at radius 1 is 1.00 bits per heavy atom. The first-order chi connectivity index (χ1) is 16.5. The van der Waals surface area contributed by atoms with Crippen LogP contribution in [0.2, 0.25) is 0 Å². The Kier molecular flexibility index (Phi) is 7.79. The molecule has 8 nitrogen and oxygen atoms in total. The maximum atomic E-state index is 13.0. The summed E-state index contributed by atoms with van der Waals surface area (Å²) in [5, 5.41) is 3.89. The molecule has 0 bridgehead atoms. The Morgan fingerprint density at radius 2 is 1.74 bits per heavy atom. The molecule has 1 saturated heterocycles. The smallest absolute Gasteiger partial charge is 0.239 e. The van der Waals surface area contributed by atoms with Gasteiger partial charge < -0.3 is 19.4 Å². The van der Waals surface area contributed by atoms with Crippen LogP contribution in [-0.2, 0) is 26.1 Å². The summed E-state index contributed by atoms with van der Waals surface area (Å²) in [6.07, 6.45) is 2.97. The number of sulfonamides is 1. The standard InChI is InChI=1S/C25H27N3O5S/c29-25(26-22-8-10-23(11-9-22)27-13-16-32-17-14-27)20-28(19-24-7-4-15-33-24)34(30,31)18-12-21-5-2-1-3-6-21/h1-12,15,18H,13-14,16-17,19-20H2,(H,26,29). The number of benzene rings is 2. The highest BCUT2D eigenvalue weighted by Gasteiger charge is 2.24. The molecule has 1 fully saturated rings. The van der Waals surface area contributed by atoms with E-state index in [1.54, 1.807) is 24.3 Å². The normalized spacial score (nSPS) is 14.6. The second kappa shape index (κ2) is 11.1. The molecule has 0 unspecified atom stereocenters. The predicted octanol–water partition coefficient (Wildman–Crippen LogP) is 3.56. The molecule has 0 atom stereocenters. The van der Waals surface area contributed by atoms with E-state index in [9.17, 15) is 13.2 Å². The van der Waals surface area contributed by atoms with E-state index in [1.807, 2.05) is 42.5 Å². The Hall–Kier alpha value is -3.40. The Morgan fingerprint density at radius 3 is 2.41 bits per heavy atom. The number of furan rings is 1. The van der Waals surface area contributed by atoms with Crippen LogP contribution in [0.5, 0.6) is 0 Å². The Labute approximate surface area is 199 Å². The third-order valence-electron chi connectivity index (χ3n) is 5.35. The number of carbonyl (C=O) groups is 1. The van der Waals surface area contributed by atoms with E-state index in [-0.39, 0.29) is 13.1 Å². The topological polar surface area (TPSA) is 92.1 Å². The molecule has 1 N–H and O–H groups in total. The number of amides is 1. The molecule has 34 heavy (non-hydrogen) atoms. The van der Waals surface area contributed by atoms with Gasteiger partial charge in [0, 0.05) is 29.9 Å². The van der Waals surface area contributed by atoms with Crippen molar-refractivity contribution in [2.75, 3.05) is 43.1 Å². The summed E-state index contributed by atoms with van der Waals surface area (Å²) < 4.78 is 37.9. The van der Waals surface area contributed by atoms with E-state index in [0.717, 1.165) is 34.1 Å². The molecule has 9 heteroatoms. The second-order valence-corrected chi connectivity index (χ2v) is 9.62. The first-order valence-corrected chi connectivity index (χ1v) is 12.5. The third-order valence-corrected chi connectivity index (χ3v) is 6.81. The van der Waals surface area contributed by atoms with Gasteiger partial charge in [0.15, 0.2) is 0 Å². The number of rotatable bonds is 9. The second-order valence-electron chi connectivity index (χ2n) is 7.80. The first kappa shape index (κ1) is 23.7. The third kappa shape index (κ3) is 6.57. The summed E-state index contributed by atoms with van der Waals surface area (Å²) in [6, 6.07) is 19.9. The van der Waals surface area contributed by atoms with E-state index in [2.05, 4.69) is 10.2 Å². The van der Waals surface area contributed by atoms with Gasteiger partial charge in [-0.25, -0.2) is 8.42 Å². The molecule has 0 aliphatic carbocycles. The summed E-state index contributed by atoms with van der Waals surface area (Å²) in [4.78, 5) is 15.0. The van der Waals surface area contributed by atoms with E-state index < -0.39 is 15.9 Å². The molecule has 2 aromatic carbocycles. The lowest BCUT2D eigenvalue weighted by Crippen LogP contribution is -2.36. The lowest BCUT2D eigenvalue weighted by Gasteiger charge is -2.28. The van der Waals surface area contributed by atoms with E-state index >= 15 is 0 Å². The van der Waals surface area contributed by atoms with Crippen molar-refractivity contribution in [3.05, 3.63) is 89.7 Å². The van der Waals surface area contributed by atoms with Crippen molar-refractivity contribution >= 4 is 33.4 Å². The minimum absolute atomic E-state index is 0.0577. The number of hydrogen-bond acceptors (Lipinski definition) is 6. The van der Waals surface area contributed by atoms with Crippen molar-refractivity contribution in [3.8, 4) is 0 Å². The highest BCUT2D eigenvalue weighted by molar-refractivity contribution is 7.92. The zero-order valence-electron chi connectivity index (χ0n) is 18.7. The fourth-order valence-electron chi connectivity index (χ4n) is 3.56. The van der Waals surface area contributed by atoms with Crippen LogP contribution in [0.25, 0.3) is 6.08 Å². The number of ether oxygens (including phenoxy) is 1. The van der Waals surface area contributed by atoms with Gasteiger partial charge in [-0.2, -0.15) is 4.31 Å². The maximum absolute atomic E-state index is 13.0. The molecule has 1 aliphatic rings. The van der Waals surface area contributed by atoms with Crippen LogP contribution in [0.15, 0.2) is 82.8 Å². The molecule has 0 radical (unpaired) electrons. The maximum Gasteiger partial charge on any atom is 0.239 e. The highest BCUT2D eigenvalue weighted by atomic mass is 32.2. The van der Waals surface area contributed by atoms with Gasteiger partial charge in [0.2, 0.25) is 15.9 Å². The van der Waals surface area contributed by atoms with Crippen LogP contribution < -0.4 is 10.2 Å². The number of anilines is 2. The quantitative estimate of drug-likeness (QED) is 0.503. The van der Waals surface area contributed by atoms with Gasteiger partial charge in [-0.3, -0.25) is 4.79 Å². The van der Waals surface area contributed by atoms with Crippen molar-refractivity contribution in [1.82, 2.24) is 4.31 Å². The first-order valence-electron chi connectivity index (χ1n) is 11.0. The van der Waals surface area contributed by atoms with Gasteiger partial charge >= 0.3 is 0 Å². The number of carbonyl (C=O) groups excluding carboxylic acids is 1. The van der Waals surface area contributed by atoms with Gasteiger partial charge in [-0.1, -0.05) is 30.3 Å². The molecular formula is C25H27N3O5S. The zero-order valence-corrected chi connectivity index (χ0v) is 19.5. The minimum Gasteiger partial charge on any atom is -0.468 e. The summed E-state index contributed by atoms with van der Waals surface area (Å²) in [6.45, 7) is 2.61. The average molecular weight is 482 g/mol. The number of morpholine rings is 1. The minimum atomic E-state index is -3.89. The predicted molar refractivity (Wildman–Crippen MR) is 132 cm³/mol. The summed E-state index contributed by atoms with van der Waals surface area (Å²) in [5.74, 6) is 0.00159. The molecule has 1 aromatic heterocycles. The number of nitrogens with zero attached hydrogens (tertiary/aromatic N) is 2.